The molecule has 0 saturated heterocycles. The van der Waals surface area contributed by atoms with Crippen molar-refractivity contribution < 1.29 is 9.59 Å². The minimum absolute atomic E-state index is 0.0554. The lowest BCUT2D eigenvalue weighted by molar-refractivity contribution is -0.121. The Kier molecular flexibility index (Phi) is 6.03. The molecule has 4 nitrogen and oxygen atoms in total. The number of amides is 2. The van der Waals surface area contributed by atoms with Gasteiger partial charge in [0.25, 0.3) is 5.91 Å². The van der Waals surface area contributed by atoms with Gasteiger partial charge in [-0.2, -0.15) is 0 Å². The van der Waals surface area contributed by atoms with Crippen LogP contribution in [0.25, 0.3) is 0 Å². The van der Waals surface area contributed by atoms with Crippen LogP contribution in [0.15, 0.2) is 48.5 Å². The third-order valence-corrected chi connectivity index (χ3v) is 8.11. The Balaban J connectivity index is 1.29. The first kappa shape index (κ1) is 22.2. The molecule has 3 aliphatic rings. The molecule has 2 amide bonds. The molecule has 1 aliphatic heterocycles. The Bertz CT molecular complexity index is 1010. The molecule has 0 aromatic heterocycles. The zero-order valence-corrected chi connectivity index (χ0v) is 20.0. The average molecular weight is 445 g/mol. The van der Waals surface area contributed by atoms with Crippen molar-refractivity contribution in [3.8, 4) is 0 Å². The second kappa shape index (κ2) is 8.96. The molecule has 174 valence electrons. The van der Waals surface area contributed by atoms with Crippen molar-refractivity contribution in [1.29, 1.82) is 0 Å². The summed E-state index contributed by atoms with van der Waals surface area (Å²) >= 11 is 0. The van der Waals surface area contributed by atoms with E-state index in [1.807, 2.05) is 41.3 Å². The Morgan fingerprint density at radius 2 is 1.73 bits per heavy atom. The minimum atomic E-state index is 0.0554. The lowest BCUT2D eigenvalue weighted by atomic mass is 9.55. The number of hydrogen-bond donors (Lipinski definition) is 1. The van der Waals surface area contributed by atoms with Crippen LogP contribution in [0.4, 0.5) is 5.69 Å². The molecule has 2 aromatic rings. The summed E-state index contributed by atoms with van der Waals surface area (Å²) in [5.74, 6) is 2.37. The van der Waals surface area contributed by atoms with E-state index in [0.717, 1.165) is 34.7 Å². The van der Waals surface area contributed by atoms with Crippen molar-refractivity contribution in [2.24, 2.45) is 23.2 Å². The molecular weight excluding hydrogens is 408 g/mol. The molecule has 2 atom stereocenters. The summed E-state index contributed by atoms with van der Waals surface area (Å²) in [6, 6.07) is 15.9. The average Bonchev–Trinajstić information content (AvgIpc) is 2.75. The first-order valence-corrected chi connectivity index (χ1v) is 12.7. The molecule has 1 N–H and O–H groups in total. The zero-order valence-electron chi connectivity index (χ0n) is 20.0. The lowest BCUT2D eigenvalue weighted by Gasteiger charge is -2.50. The molecule has 2 aliphatic carbocycles. The number of fused-ring (bicyclic) bond motifs is 3. The van der Waals surface area contributed by atoms with Crippen LogP contribution in [0.1, 0.15) is 73.9 Å². The molecule has 0 radical (unpaired) electrons. The van der Waals surface area contributed by atoms with E-state index in [1.54, 1.807) is 0 Å². The molecule has 5 rings (SSSR count). The number of carbonyl (C=O) groups excluding carboxylic acids is 2. The van der Waals surface area contributed by atoms with Crippen LogP contribution >= 0.6 is 0 Å². The Hall–Kier alpha value is -2.62. The predicted octanol–water partition coefficient (Wildman–Crippen LogP) is 6.07. The summed E-state index contributed by atoms with van der Waals surface area (Å²) in [6.45, 7) is 6.01. The zero-order chi connectivity index (χ0) is 23.0. The van der Waals surface area contributed by atoms with E-state index in [2.05, 4.69) is 31.3 Å². The second-order valence-electron chi connectivity index (χ2n) is 11.2. The molecule has 2 aromatic carbocycles. The number of anilines is 1. The fourth-order valence-electron chi connectivity index (χ4n) is 7.31. The summed E-state index contributed by atoms with van der Waals surface area (Å²) in [5.41, 5.74) is 3.84. The highest BCUT2D eigenvalue weighted by Crippen LogP contribution is 2.54. The van der Waals surface area contributed by atoms with Gasteiger partial charge in [-0.05, 0) is 85.0 Å². The number of carbonyl (C=O) groups is 2. The summed E-state index contributed by atoms with van der Waals surface area (Å²) in [4.78, 5) is 28.4. The molecule has 2 fully saturated rings. The maximum Gasteiger partial charge on any atom is 0.254 e. The van der Waals surface area contributed by atoms with E-state index in [0.29, 0.717) is 31.3 Å². The van der Waals surface area contributed by atoms with Gasteiger partial charge in [-0.15, -0.1) is 0 Å². The third kappa shape index (κ3) is 4.71. The summed E-state index contributed by atoms with van der Waals surface area (Å²) in [5, 5.41) is 3.22. The van der Waals surface area contributed by atoms with Gasteiger partial charge in [0.1, 0.15) is 0 Å². The smallest absolute Gasteiger partial charge is 0.254 e. The minimum Gasteiger partial charge on any atom is -0.334 e. The summed E-state index contributed by atoms with van der Waals surface area (Å²) in [6.07, 6.45) is 7.56. The van der Waals surface area contributed by atoms with Crippen molar-refractivity contribution in [2.75, 3.05) is 11.9 Å². The topological polar surface area (TPSA) is 49.4 Å². The molecule has 2 unspecified atom stereocenters. The van der Waals surface area contributed by atoms with Crippen molar-refractivity contribution in [2.45, 2.75) is 65.3 Å². The third-order valence-electron chi connectivity index (χ3n) is 8.11. The highest BCUT2D eigenvalue weighted by Gasteiger charge is 2.45. The van der Waals surface area contributed by atoms with Gasteiger partial charge < -0.3 is 10.2 Å². The van der Waals surface area contributed by atoms with Crippen molar-refractivity contribution in [3.63, 3.8) is 0 Å². The first-order valence-electron chi connectivity index (χ1n) is 12.7. The lowest BCUT2D eigenvalue weighted by Crippen LogP contribution is -2.41. The van der Waals surface area contributed by atoms with Crippen molar-refractivity contribution in [3.05, 3.63) is 65.2 Å². The highest BCUT2D eigenvalue weighted by molar-refractivity contribution is 6.00. The van der Waals surface area contributed by atoms with Crippen molar-refractivity contribution in [1.82, 2.24) is 4.90 Å². The van der Waals surface area contributed by atoms with E-state index in [9.17, 15) is 9.59 Å². The van der Waals surface area contributed by atoms with E-state index in [4.69, 9.17) is 0 Å². The van der Waals surface area contributed by atoms with Crippen LogP contribution in [0.2, 0.25) is 0 Å². The molecule has 1 heterocycles. The van der Waals surface area contributed by atoms with Gasteiger partial charge in [-0.25, -0.2) is 0 Å². The molecule has 0 spiro atoms. The van der Waals surface area contributed by atoms with Gasteiger partial charge in [-0.3, -0.25) is 9.59 Å². The van der Waals surface area contributed by atoms with Gasteiger partial charge in [-0.1, -0.05) is 50.2 Å². The normalized spacial score (nSPS) is 28.8. The Morgan fingerprint density at radius 1 is 1.00 bits per heavy atom. The van der Waals surface area contributed by atoms with Gasteiger partial charge in [0.05, 0.1) is 0 Å². The largest absolute Gasteiger partial charge is 0.334 e. The van der Waals surface area contributed by atoms with Crippen LogP contribution in [-0.4, -0.2) is 23.3 Å². The molecule has 2 saturated carbocycles. The van der Waals surface area contributed by atoms with Gasteiger partial charge in [0, 0.05) is 30.8 Å². The monoisotopic (exact) mass is 444 g/mol. The second-order valence-corrected chi connectivity index (χ2v) is 11.2. The van der Waals surface area contributed by atoms with Crippen LogP contribution < -0.4 is 5.32 Å². The van der Waals surface area contributed by atoms with Crippen LogP contribution in [-0.2, 0) is 17.8 Å². The van der Waals surface area contributed by atoms with E-state index < -0.39 is 0 Å². The van der Waals surface area contributed by atoms with Crippen LogP contribution in [0, 0.1) is 23.2 Å². The van der Waals surface area contributed by atoms with Crippen LogP contribution in [0.5, 0.6) is 0 Å². The van der Waals surface area contributed by atoms with Crippen molar-refractivity contribution >= 4 is 17.5 Å². The quantitative estimate of drug-likeness (QED) is 0.609. The van der Waals surface area contributed by atoms with E-state index >= 15 is 0 Å². The fourth-order valence-corrected chi connectivity index (χ4v) is 7.31. The summed E-state index contributed by atoms with van der Waals surface area (Å²) in [7, 11) is 0. The van der Waals surface area contributed by atoms with Gasteiger partial charge >= 0.3 is 0 Å². The standard InChI is InChI=1S/C29H36N2O2/c1-20-13-23-14-21(2)16-29(15-20,17-23)18-27(32)30-26-10-6-9-25-24(26)11-12-31(28(25)33)19-22-7-4-3-5-8-22/h3-10,20-21,23H,11-19H2,1-2H3,(H,30,32). The fraction of sp³-hybridized carbons (Fsp3) is 0.517. The summed E-state index contributed by atoms with van der Waals surface area (Å²) < 4.78 is 0. The molecular formula is C29H36N2O2. The number of benzene rings is 2. The van der Waals surface area contributed by atoms with Gasteiger partial charge in [0.2, 0.25) is 5.91 Å². The predicted molar refractivity (Wildman–Crippen MR) is 132 cm³/mol. The molecule has 2 bridgehead atoms. The number of nitrogens with one attached hydrogen (secondary N) is 1. The Morgan fingerprint density at radius 3 is 2.45 bits per heavy atom. The maximum atomic E-state index is 13.3. The van der Waals surface area contributed by atoms with E-state index in [-0.39, 0.29) is 17.2 Å². The molecule has 33 heavy (non-hydrogen) atoms. The number of hydrogen-bond acceptors (Lipinski definition) is 2. The van der Waals surface area contributed by atoms with Gasteiger partial charge in [0.15, 0.2) is 0 Å². The van der Waals surface area contributed by atoms with Crippen LogP contribution in [0.3, 0.4) is 0 Å². The SMILES string of the molecule is CC1CC2CC(C)CC(CC(=O)Nc3cccc4c3CCN(Cc3ccccc3)C4=O)(C1)C2. The van der Waals surface area contributed by atoms with E-state index in [1.165, 1.54) is 32.1 Å². The highest BCUT2D eigenvalue weighted by atomic mass is 16.2. The maximum absolute atomic E-state index is 13.3. The molecule has 4 heteroatoms. The Labute approximate surface area is 197 Å². The number of rotatable bonds is 5. The first-order chi connectivity index (χ1) is 15.9. The number of nitrogens with zero attached hydrogens (tertiary/aromatic N) is 1.